The Bertz CT molecular complexity index is 448. The molecule has 0 saturated carbocycles. The molecule has 0 heterocycles. The third kappa shape index (κ3) is 6.01. The third-order valence-corrected chi connectivity index (χ3v) is 2.88. The fourth-order valence-electron chi connectivity index (χ4n) is 1.70. The van der Waals surface area contributed by atoms with Crippen LogP contribution >= 0.6 is 0 Å². The second-order valence-corrected chi connectivity index (χ2v) is 4.57. The van der Waals surface area contributed by atoms with Crippen LogP contribution in [0, 0.1) is 0 Å². The molecule has 118 valence electrons. The van der Waals surface area contributed by atoms with Gasteiger partial charge in [-0.2, -0.15) is 0 Å². The molecular formula is C15H23NO5. The van der Waals surface area contributed by atoms with Crippen LogP contribution in [0.15, 0.2) is 18.2 Å². The van der Waals surface area contributed by atoms with Gasteiger partial charge in [-0.1, -0.05) is 6.07 Å². The average Bonchev–Trinajstić information content (AvgIpc) is 2.49. The fraction of sp³-hybridized carbons (Fsp3) is 0.533. The largest absolute Gasteiger partial charge is 0.493 e. The average molecular weight is 297 g/mol. The molecule has 1 aromatic rings. The zero-order valence-electron chi connectivity index (χ0n) is 12.7. The highest BCUT2D eigenvalue weighted by atomic mass is 16.5. The lowest BCUT2D eigenvalue weighted by Gasteiger charge is -2.13. The molecule has 1 aromatic carbocycles. The SMILES string of the molecule is COCCCNC(=O)COc1ccc([C@@H](C)O)cc1OC. The first-order valence-electron chi connectivity index (χ1n) is 6.83. The van der Waals surface area contributed by atoms with Crippen LogP contribution in [-0.4, -0.2) is 45.0 Å². The number of hydrogen-bond donors (Lipinski definition) is 2. The Morgan fingerprint density at radius 2 is 2.10 bits per heavy atom. The summed E-state index contributed by atoms with van der Waals surface area (Å²) in [6, 6.07) is 5.11. The summed E-state index contributed by atoms with van der Waals surface area (Å²) in [6.45, 7) is 2.74. The number of nitrogens with one attached hydrogen (secondary N) is 1. The van der Waals surface area contributed by atoms with Gasteiger partial charge in [0.05, 0.1) is 13.2 Å². The number of carbonyl (C=O) groups excluding carboxylic acids is 1. The summed E-state index contributed by atoms with van der Waals surface area (Å²) in [5.74, 6) is 0.752. The molecule has 0 aliphatic rings. The van der Waals surface area contributed by atoms with E-state index in [1.165, 1.54) is 7.11 Å². The van der Waals surface area contributed by atoms with Crippen molar-refractivity contribution in [3.8, 4) is 11.5 Å². The van der Waals surface area contributed by atoms with Crippen molar-refractivity contribution in [1.29, 1.82) is 0 Å². The van der Waals surface area contributed by atoms with Gasteiger partial charge >= 0.3 is 0 Å². The van der Waals surface area contributed by atoms with Crippen molar-refractivity contribution in [2.75, 3.05) is 34.0 Å². The first-order chi connectivity index (χ1) is 10.1. The Hall–Kier alpha value is -1.79. The maximum Gasteiger partial charge on any atom is 0.257 e. The van der Waals surface area contributed by atoms with Gasteiger partial charge in [-0.25, -0.2) is 0 Å². The fourth-order valence-corrected chi connectivity index (χ4v) is 1.70. The molecule has 2 N–H and O–H groups in total. The molecule has 0 aliphatic carbocycles. The van der Waals surface area contributed by atoms with Crippen LogP contribution in [0.3, 0.4) is 0 Å². The van der Waals surface area contributed by atoms with Gasteiger partial charge in [0.15, 0.2) is 18.1 Å². The van der Waals surface area contributed by atoms with Crippen molar-refractivity contribution in [3.63, 3.8) is 0 Å². The van der Waals surface area contributed by atoms with Crippen LogP contribution in [-0.2, 0) is 9.53 Å². The molecule has 1 rings (SSSR count). The highest BCUT2D eigenvalue weighted by molar-refractivity contribution is 5.77. The van der Waals surface area contributed by atoms with E-state index in [0.29, 0.717) is 24.7 Å². The second kappa shape index (κ2) is 9.20. The maximum atomic E-state index is 11.6. The van der Waals surface area contributed by atoms with E-state index in [2.05, 4.69) is 5.32 Å². The van der Waals surface area contributed by atoms with Gasteiger partial charge in [-0.3, -0.25) is 4.79 Å². The summed E-state index contributed by atoms with van der Waals surface area (Å²) in [7, 11) is 3.13. The van der Waals surface area contributed by atoms with Crippen LogP contribution < -0.4 is 14.8 Å². The Morgan fingerprint density at radius 3 is 2.71 bits per heavy atom. The van der Waals surface area contributed by atoms with Gasteiger partial charge in [0.1, 0.15) is 0 Å². The summed E-state index contributed by atoms with van der Waals surface area (Å²) >= 11 is 0. The minimum Gasteiger partial charge on any atom is -0.493 e. The van der Waals surface area contributed by atoms with E-state index in [4.69, 9.17) is 14.2 Å². The molecule has 6 nitrogen and oxygen atoms in total. The molecule has 0 radical (unpaired) electrons. The zero-order chi connectivity index (χ0) is 15.7. The summed E-state index contributed by atoms with van der Waals surface area (Å²) < 4.78 is 15.5. The van der Waals surface area contributed by atoms with Crippen LogP contribution in [0.1, 0.15) is 25.0 Å². The molecule has 6 heteroatoms. The summed E-state index contributed by atoms with van der Waals surface area (Å²) in [4.78, 5) is 11.6. The Morgan fingerprint density at radius 1 is 1.33 bits per heavy atom. The van der Waals surface area contributed by atoms with Crippen molar-refractivity contribution in [2.24, 2.45) is 0 Å². The van der Waals surface area contributed by atoms with Crippen LogP contribution in [0.4, 0.5) is 0 Å². The molecule has 0 saturated heterocycles. The molecule has 1 amide bonds. The summed E-state index contributed by atoms with van der Waals surface area (Å²) in [5.41, 5.74) is 0.725. The number of benzene rings is 1. The van der Waals surface area contributed by atoms with Gasteiger partial charge in [0.2, 0.25) is 0 Å². The van der Waals surface area contributed by atoms with Gasteiger partial charge in [-0.05, 0) is 31.0 Å². The van der Waals surface area contributed by atoms with Crippen molar-refractivity contribution in [1.82, 2.24) is 5.32 Å². The predicted molar refractivity (Wildman–Crippen MR) is 78.6 cm³/mol. The van der Waals surface area contributed by atoms with Crippen molar-refractivity contribution in [3.05, 3.63) is 23.8 Å². The number of carbonyl (C=O) groups is 1. The number of ether oxygens (including phenoxy) is 3. The van der Waals surface area contributed by atoms with Gasteiger partial charge in [0.25, 0.3) is 5.91 Å². The van der Waals surface area contributed by atoms with Gasteiger partial charge < -0.3 is 24.6 Å². The topological polar surface area (TPSA) is 77.0 Å². The lowest BCUT2D eigenvalue weighted by Crippen LogP contribution is -2.30. The quantitative estimate of drug-likeness (QED) is 0.671. The molecule has 1 atom stereocenters. The van der Waals surface area contributed by atoms with E-state index >= 15 is 0 Å². The van der Waals surface area contributed by atoms with E-state index in [9.17, 15) is 9.90 Å². The molecule has 21 heavy (non-hydrogen) atoms. The maximum absolute atomic E-state index is 11.6. The molecule has 0 aromatic heterocycles. The van der Waals surface area contributed by atoms with Crippen LogP contribution in [0.2, 0.25) is 0 Å². The lowest BCUT2D eigenvalue weighted by atomic mass is 10.1. The number of methoxy groups -OCH3 is 2. The first kappa shape index (κ1) is 17.3. The second-order valence-electron chi connectivity index (χ2n) is 4.57. The summed E-state index contributed by atoms with van der Waals surface area (Å²) in [5, 5.41) is 12.3. The normalized spacial score (nSPS) is 11.8. The standard InChI is InChI=1S/C15H23NO5/c1-11(17)12-5-6-13(14(9-12)20-3)21-10-15(18)16-7-4-8-19-2/h5-6,9,11,17H,4,7-8,10H2,1-3H3,(H,16,18)/t11-/m1/s1. The molecule has 0 aliphatic heterocycles. The van der Waals surface area contributed by atoms with E-state index in [0.717, 1.165) is 12.0 Å². The lowest BCUT2D eigenvalue weighted by molar-refractivity contribution is -0.123. The van der Waals surface area contributed by atoms with Gasteiger partial charge in [0, 0.05) is 20.3 Å². The number of amides is 1. The van der Waals surface area contributed by atoms with Crippen LogP contribution in [0.5, 0.6) is 11.5 Å². The predicted octanol–water partition coefficient (Wildman–Crippen LogP) is 1.28. The van der Waals surface area contributed by atoms with Crippen LogP contribution in [0.25, 0.3) is 0 Å². The van der Waals surface area contributed by atoms with E-state index in [1.807, 2.05) is 0 Å². The Balaban J connectivity index is 2.49. The monoisotopic (exact) mass is 297 g/mol. The highest BCUT2D eigenvalue weighted by Gasteiger charge is 2.10. The van der Waals surface area contributed by atoms with Crippen molar-refractivity contribution < 1.29 is 24.1 Å². The smallest absolute Gasteiger partial charge is 0.257 e. The molecule has 0 fully saturated rings. The number of hydrogen-bond acceptors (Lipinski definition) is 5. The molecular weight excluding hydrogens is 274 g/mol. The number of rotatable bonds is 9. The third-order valence-electron chi connectivity index (χ3n) is 2.88. The zero-order valence-corrected chi connectivity index (χ0v) is 12.7. The van der Waals surface area contributed by atoms with E-state index < -0.39 is 6.10 Å². The van der Waals surface area contributed by atoms with Crippen molar-refractivity contribution in [2.45, 2.75) is 19.4 Å². The molecule has 0 spiro atoms. The Labute approximate surface area is 125 Å². The van der Waals surface area contributed by atoms with Crippen molar-refractivity contribution >= 4 is 5.91 Å². The van der Waals surface area contributed by atoms with E-state index in [1.54, 1.807) is 32.2 Å². The summed E-state index contributed by atoms with van der Waals surface area (Å²) in [6.07, 6.45) is 0.172. The highest BCUT2D eigenvalue weighted by Crippen LogP contribution is 2.30. The first-order valence-corrected chi connectivity index (χ1v) is 6.83. The van der Waals surface area contributed by atoms with E-state index in [-0.39, 0.29) is 12.5 Å². The minimum absolute atomic E-state index is 0.0859. The number of aliphatic hydroxyl groups is 1. The minimum atomic E-state index is -0.586. The molecule has 0 unspecified atom stereocenters. The Kier molecular flexibility index (Phi) is 7.56. The number of aliphatic hydroxyl groups excluding tert-OH is 1. The molecule has 0 bridgehead atoms. The van der Waals surface area contributed by atoms with Gasteiger partial charge in [-0.15, -0.1) is 0 Å².